The maximum absolute atomic E-state index is 12.4. The summed E-state index contributed by atoms with van der Waals surface area (Å²) in [5, 5.41) is 12.2. The summed E-state index contributed by atoms with van der Waals surface area (Å²) >= 11 is 1.35. The highest BCUT2D eigenvalue weighted by molar-refractivity contribution is 7.99. The van der Waals surface area contributed by atoms with Gasteiger partial charge in [0.25, 0.3) is 0 Å². The first kappa shape index (κ1) is 19.0. The van der Waals surface area contributed by atoms with E-state index in [9.17, 15) is 4.79 Å². The lowest BCUT2D eigenvalue weighted by Crippen LogP contribution is -2.14. The van der Waals surface area contributed by atoms with Crippen molar-refractivity contribution in [1.82, 2.24) is 14.8 Å². The summed E-state index contributed by atoms with van der Waals surface area (Å²) in [4.78, 5) is 12.4. The van der Waals surface area contributed by atoms with Gasteiger partial charge in [-0.15, -0.1) is 10.2 Å². The second kappa shape index (κ2) is 8.79. The van der Waals surface area contributed by atoms with Crippen LogP contribution in [0.5, 0.6) is 0 Å². The highest BCUT2D eigenvalue weighted by Gasteiger charge is 2.17. The number of carbonyl (C=O) groups is 1. The molecular formula is C22H20N4O2S. The summed E-state index contributed by atoms with van der Waals surface area (Å²) in [5.41, 5.74) is 2.89. The minimum atomic E-state index is -0.0901. The first-order valence-electron chi connectivity index (χ1n) is 9.19. The zero-order chi connectivity index (χ0) is 20.1. The highest BCUT2D eigenvalue weighted by Crippen LogP contribution is 2.25. The fourth-order valence-electron chi connectivity index (χ4n) is 2.86. The van der Waals surface area contributed by atoms with E-state index < -0.39 is 0 Å². The predicted molar refractivity (Wildman–Crippen MR) is 114 cm³/mol. The summed E-state index contributed by atoms with van der Waals surface area (Å²) in [6.45, 7) is 2.50. The molecule has 0 aliphatic carbocycles. The number of hydrogen-bond donors (Lipinski definition) is 1. The van der Waals surface area contributed by atoms with E-state index in [1.807, 2.05) is 78.2 Å². The van der Waals surface area contributed by atoms with E-state index in [0.29, 0.717) is 11.7 Å². The van der Waals surface area contributed by atoms with E-state index in [-0.39, 0.29) is 11.7 Å². The first-order valence-corrected chi connectivity index (χ1v) is 10.2. The van der Waals surface area contributed by atoms with Gasteiger partial charge in [-0.05, 0) is 31.2 Å². The molecule has 146 valence electrons. The average Bonchev–Trinajstić information content (AvgIpc) is 3.39. The van der Waals surface area contributed by atoms with E-state index in [1.165, 1.54) is 11.8 Å². The number of hydrogen-bond acceptors (Lipinski definition) is 5. The van der Waals surface area contributed by atoms with Crippen LogP contribution in [0.25, 0.3) is 11.4 Å². The maximum atomic E-state index is 12.4. The quantitative estimate of drug-likeness (QED) is 0.455. The number of furan rings is 1. The van der Waals surface area contributed by atoms with Gasteiger partial charge in [0.05, 0.1) is 18.6 Å². The molecule has 1 amide bonds. The minimum absolute atomic E-state index is 0.0901. The molecule has 0 fully saturated rings. The van der Waals surface area contributed by atoms with Crippen molar-refractivity contribution in [3.63, 3.8) is 0 Å². The molecule has 0 atom stereocenters. The molecule has 2 heterocycles. The van der Waals surface area contributed by atoms with Gasteiger partial charge in [0, 0.05) is 11.3 Å². The lowest BCUT2D eigenvalue weighted by Gasteiger charge is -2.09. The number of anilines is 1. The SMILES string of the molecule is Cc1ccc(NC(=O)CSc2nnc(-c3ccccc3)n2Cc2ccco2)cc1. The van der Waals surface area contributed by atoms with Crippen molar-refractivity contribution < 1.29 is 9.21 Å². The number of amides is 1. The van der Waals surface area contributed by atoms with Crippen LogP contribution in [0, 0.1) is 6.92 Å². The first-order chi connectivity index (χ1) is 14.2. The highest BCUT2D eigenvalue weighted by atomic mass is 32.2. The monoisotopic (exact) mass is 404 g/mol. The van der Waals surface area contributed by atoms with Crippen molar-refractivity contribution in [3.8, 4) is 11.4 Å². The molecule has 0 aliphatic heterocycles. The van der Waals surface area contributed by atoms with Crippen LogP contribution in [0.2, 0.25) is 0 Å². The molecule has 6 nitrogen and oxygen atoms in total. The van der Waals surface area contributed by atoms with Crippen LogP contribution in [-0.4, -0.2) is 26.4 Å². The van der Waals surface area contributed by atoms with Crippen molar-refractivity contribution in [1.29, 1.82) is 0 Å². The molecule has 0 saturated carbocycles. The topological polar surface area (TPSA) is 73.0 Å². The Bertz CT molecular complexity index is 1070. The van der Waals surface area contributed by atoms with E-state index in [0.717, 1.165) is 28.4 Å². The Morgan fingerprint density at radius 2 is 1.83 bits per heavy atom. The third kappa shape index (κ3) is 4.75. The second-order valence-electron chi connectivity index (χ2n) is 6.54. The van der Waals surface area contributed by atoms with Crippen LogP contribution >= 0.6 is 11.8 Å². The molecule has 4 aromatic rings. The fraction of sp³-hybridized carbons (Fsp3) is 0.136. The summed E-state index contributed by atoms with van der Waals surface area (Å²) < 4.78 is 7.47. The van der Waals surface area contributed by atoms with Crippen LogP contribution in [-0.2, 0) is 11.3 Å². The van der Waals surface area contributed by atoms with Crippen molar-refractivity contribution in [3.05, 3.63) is 84.3 Å². The Hall–Kier alpha value is -3.32. The second-order valence-corrected chi connectivity index (χ2v) is 7.48. The lowest BCUT2D eigenvalue weighted by molar-refractivity contribution is -0.113. The van der Waals surface area contributed by atoms with Gasteiger partial charge in [-0.1, -0.05) is 59.8 Å². The van der Waals surface area contributed by atoms with Crippen LogP contribution in [0.1, 0.15) is 11.3 Å². The molecule has 2 aromatic heterocycles. The van der Waals surface area contributed by atoms with E-state index >= 15 is 0 Å². The van der Waals surface area contributed by atoms with Crippen molar-refractivity contribution >= 4 is 23.4 Å². The van der Waals surface area contributed by atoms with Crippen LogP contribution in [0.3, 0.4) is 0 Å². The fourth-order valence-corrected chi connectivity index (χ4v) is 3.60. The third-order valence-electron chi connectivity index (χ3n) is 4.31. The Morgan fingerprint density at radius 3 is 2.55 bits per heavy atom. The largest absolute Gasteiger partial charge is 0.467 e. The normalized spacial score (nSPS) is 10.8. The van der Waals surface area contributed by atoms with Gasteiger partial charge in [0.1, 0.15) is 5.76 Å². The molecular weight excluding hydrogens is 384 g/mol. The van der Waals surface area contributed by atoms with Gasteiger partial charge in [-0.2, -0.15) is 0 Å². The molecule has 1 N–H and O–H groups in total. The predicted octanol–water partition coefficient (Wildman–Crippen LogP) is 4.63. The minimum Gasteiger partial charge on any atom is -0.467 e. The number of carbonyl (C=O) groups excluding carboxylic acids is 1. The number of rotatable bonds is 7. The Labute approximate surface area is 173 Å². The van der Waals surface area contributed by atoms with Crippen molar-refractivity contribution in [2.75, 3.05) is 11.1 Å². The average molecular weight is 404 g/mol. The number of nitrogens with one attached hydrogen (secondary N) is 1. The number of aromatic nitrogens is 3. The van der Waals surface area contributed by atoms with Gasteiger partial charge in [0.2, 0.25) is 5.91 Å². The lowest BCUT2D eigenvalue weighted by atomic mass is 10.2. The van der Waals surface area contributed by atoms with Gasteiger partial charge in [-0.25, -0.2) is 0 Å². The molecule has 2 aromatic carbocycles. The molecule has 0 unspecified atom stereocenters. The summed E-state index contributed by atoms with van der Waals surface area (Å²) in [7, 11) is 0. The Balaban J connectivity index is 1.51. The zero-order valence-corrected chi connectivity index (χ0v) is 16.7. The summed E-state index contributed by atoms with van der Waals surface area (Å²) in [5.74, 6) is 1.68. The van der Waals surface area contributed by atoms with Crippen molar-refractivity contribution in [2.24, 2.45) is 0 Å². The standard InChI is InChI=1S/C22H20N4O2S/c1-16-9-11-18(12-10-16)23-20(27)15-29-22-25-24-21(17-6-3-2-4-7-17)26(22)14-19-8-5-13-28-19/h2-13H,14-15H2,1H3,(H,23,27). The van der Waals surface area contributed by atoms with Crippen LogP contribution in [0.4, 0.5) is 5.69 Å². The summed E-state index contributed by atoms with van der Waals surface area (Å²) in [6.07, 6.45) is 1.64. The third-order valence-corrected chi connectivity index (χ3v) is 5.28. The van der Waals surface area contributed by atoms with E-state index in [1.54, 1.807) is 6.26 Å². The molecule has 0 bridgehead atoms. The van der Waals surface area contributed by atoms with Crippen molar-refractivity contribution in [2.45, 2.75) is 18.6 Å². The van der Waals surface area contributed by atoms with Crippen LogP contribution in [0.15, 0.2) is 82.6 Å². The van der Waals surface area contributed by atoms with Crippen LogP contribution < -0.4 is 5.32 Å². The molecule has 0 spiro atoms. The van der Waals surface area contributed by atoms with Gasteiger partial charge >= 0.3 is 0 Å². The Morgan fingerprint density at radius 1 is 1.03 bits per heavy atom. The zero-order valence-electron chi connectivity index (χ0n) is 15.9. The van der Waals surface area contributed by atoms with E-state index in [4.69, 9.17) is 4.42 Å². The molecule has 0 radical (unpaired) electrons. The van der Waals surface area contributed by atoms with E-state index in [2.05, 4.69) is 15.5 Å². The smallest absolute Gasteiger partial charge is 0.234 e. The molecule has 0 saturated heterocycles. The number of aryl methyl sites for hydroxylation is 1. The molecule has 0 aliphatic rings. The summed E-state index contributed by atoms with van der Waals surface area (Å²) in [6, 6.07) is 21.3. The van der Waals surface area contributed by atoms with Gasteiger partial charge in [0.15, 0.2) is 11.0 Å². The maximum Gasteiger partial charge on any atom is 0.234 e. The molecule has 4 rings (SSSR count). The molecule has 7 heteroatoms. The Kier molecular flexibility index (Phi) is 5.76. The number of nitrogens with zero attached hydrogens (tertiary/aromatic N) is 3. The number of benzene rings is 2. The number of thioether (sulfide) groups is 1. The van der Waals surface area contributed by atoms with Gasteiger partial charge < -0.3 is 9.73 Å². The van der Waals surface area contributed by atoms with Gasteiger partial charge in [-0.3, -0.25) is 9.36 Å². The molecule has 29 heavy (non-hydrogen) atoms.